The Hall–Kier alpha value is -2.26. The number of anilines is 2. The van der Waals surface area contributed by atoms with E-state index in [0.717, 1.165) is 15.9 Å². The zero-order valence-corrected chi connectivity index (χ0v) is 21.3. The maximum atomic E-state index is 14.5. The number of urea groups is 1. The molecule has 3 rings (SSSR count). The minimum Gasteiger partial charge on any atom is -0.491 e. The number of hydrogen-bond donors (Lipinski definition) is 1. The molecule has 7 nitrogen and oxygen atoms in total. The van der Waals surface area contributed by atoms with E-state index in [1.54, 1.807) is 24.3 Å². The number of halogens is 5. The van der Waals surface area contributed by atoms with Gasteiger partial charge in [-0.15, -0.1) is 11.6 Å². The molecular formula is C22H21Cl4FN4O3. The number of nitrogens with one attached hydrogen (secondary N) is 1. The van der Waals surface area contributed by atoms with Crippen LogP contribution >= 0.6 is 46.4 Å². The van der Waals surface area contributed by atoms with Crippen molar-refractivity contribution in [1.29, 1.82) is 0 Å². The van der Waals surface area contributed by atoms with Gasteiger partial charge in [-0.25, -0.2) is 19.1 Å². The van der Waals surface area contributed by atoms with Crippen LogP contribution in [0.3, 0.4) is 0 Å². The topological polar surface area (TPSA) is 74.2 Å². The number of ether oxygens (including phenoxy) is 1. The van der Waals surface area contributed by atoms with Gasteiger partial charge in [-0.3, -0.25) is 9.69 Å². The summed E-state index contributed by atoms with van der Waals surface area (Å²) in [6.07, 6.45) is -1.28. The van der Waals surface area contributed by atoms with Gasteiger partial charge in [-0.2, -0.15) is 0 Å². The summed E-state index contributed by atoms with van der Waals surface area (Å²) in [5.74, 6) is -1.32. The number of para-hydroxylation sites is 1. The SMILES string of the molecule is CC(C)Oc1cccc(NC(N=C2C(=O)N(C)C(=O)N2c2ccccc2F)C(Cl)C(Cl)(Cl)Cl)c1. The minimum absolute atomic E-state index is 0.0692. The molecule has 2 aromatic carbocycles. The predicted octanol–water partition coefficient (Wildman–Crippen LogP) is 5.83. The number of amides is 3. The quantitative estimate of drug-likeness (QED) is 0.348. The molecule has 2 aromatic rings. The first-order valence-corrected chi connectivity index (χ1v) is 11.7. The van der Waals surface area contributed by atoms with E-state index in [-0.39, 0.29) is 17.6 Å². The summed E-state index contributed by atoms with van der Waals surface area (Å²) < 4.78 is 18.2. The number of nitrogens with zero attached hydrogens (tertiary/aromatic N) is 3. The van der Waals surface area contributed by atoms with Gasteiger partial charge in [-0.1, -0.05) is 53.0 Å². The third kappa shape index (κ3) is 5.86. The summed E-state index contributed by atoms with van der Waals surface area (Å²) in [7, 11) is 1.25. The van der Waals surface area contributed by atoms with Crippen molar-refractivity contribution in [1.82, 2.24) is 4.90 Å². The monoisotopic (exact) mass is 548 g/mol. The van der Waals surface area contributed by atoms with Crippen LogP contribution in [0.2, 0.25) is 0 Å². The van der Waals surface area contributed by atoms with Gasteiger partial charge in [0.2, 0.25) is 9.63 Å². The molecular weight excluding hydrogens is 529 g/mol. The lowest BCUT2D eigenvalue weighted by atomic mass is 10.2. The standard InChI is InChI=1S/C22H21Cl4FN4O3/c1-12(2)34-14-8-6-7-13(11-14)28-18(17(23)22(24,25)26)29-19-20(32)30(3)21(33)31(19)16-10-5-4-9-15(16)27/h4-12,17-18,28H,1-3H3. The fraction of sp³-hybridized carbons (Fsp3) is 0.318. The average Bonchev–Trinajstić information content (AvgIpc) is 2.96. The van der Waals surface area contributed by atoms with E-state index in [2.05, 4.69) is 10.3 Å². The van der Waals surface area contributed by atoms with Gasteiger partial charge in [0.1, 0.15) is 23.1 Å². The molecule has 0 aromatic heterocycles. The van der Waals surface area contributed by atoms with Crippen molar-refractivity contribution in [2.75, 3.05) is 17.3 Å². The van der Waals surface area contributed by atoms with Crippen molar-refractivity contribution in [3.63, 3.8) is 0 Å². The Balaban J connectivity index is 2.06. The molecule has 1 fully saturated rings. The minimum atomic E-state index is -2.00. The van der Waals surface area contributed by atoms with Crippen molar-refractivity contribution < 1.29 is 18.7 Å². The fourth-order valence-corrected chi connectivity index (χ4v) is 3.60. The van der Waals surface area contributed by atoms with Crippen molar-refractivity contribution in [3.8, 4) is 5.75 Å². The number of imide groups is 1. The molecule has 2 unspecified atom stereocenters. The number of amidine groups is 1. The number of alkyl halides is 4. The maximum Gasteiger partial charge on any atom is 0.337 e. The van der Waals surface area contributed by atoms with Crippen LogP contribution in [-0.2, 0) is 4.79 Å². The third-order valence-corrected chi connectivity index (χ3v) is 6.26. The maximum absolute atomic E-state index is 14.5. The van der Waals surface area contributed by atoms with Crippen LogP contribution in [0, 0.1) is 5.82 Å². The van der Waals surface area contributed by atoms with Crippen molar-refractivity contribution in [2.24, 2.45) is 4.99 Å². The van der Waals surface area contributed by atoms with E-state index in [9.17, 15) is 14.0 Å². The normalized spacial score (nSPS) is 17.5. The molecule has 34 heavy (non-hydrogen) atoms. The van der Waals surface area contributed by atoms with Gasteiger partial charge in [0.15, 0.2) is 0 Å². The highest BCUT2D eigenvalue weighted by Gasteiger charge is 2.45. The van der Waals surface area contributed by atoms with Crippen LogP contribution in [0.15, 0.2) is 53.5 Å². The molecule has 0 spiro atoms. The summed E-state index contributed by atoms with van der Waals surface area (Å²) >= 11 is 24.5. The second-order valence-corrected chi connectivity index (χ2v) is 10.5. The van der Waals surface area contributed by atoms with E-state index in [1.165, 1.54) is 25.2 Å². The lowest BCUT2D eigenvalue weighted by Gasteiger charge is -2.27. The molecule has 2 atom stereocenters. The zero-order valence-electron chi connectivity index (χ0n) is 18.3. The van der Waals surface area contributed by atoms with Crippen molar-refractivity contribution in [3.05, 3.63) is 54.3 Å². The molecule has 3 amide bonds. The number of aliphatic imine (C=N–C) groups is 1. The van der Waals surface area contributed by atoms with Crippen LogP contribution in [-0.4, -0.2) is 51.2 Å². The predicted molar refractivity (Wildman–Crippen MR) is 134 cm³/mol. The van der Waals surface area contributed by atoms with Gasteiger partial charge in [-0.05, 0) is 38.1 Å². The van der Waals surface area contributed by atoms with Gasteiger partial charge < -0.3 is 10.1 Å². The number of benzene rings is 2. The lowest BCUT2D eigenvalue weighted by Crippen LogP contribution is -2.40. The highest BCUT2D eigenvalue weighted by molar-refractivity contribution is 6.70. The molecule has 182 valence electrons. The smallest absolute Gasteiger partial charge is 0.337 e. The van der Waals surface area contributed by atoms with Crippen molar-refractivity contribution in [2.45, 2.75) is 35.3 Å². The first kappa shape index (κ1) is 26.3. The molecule has 1 saturated heterocycles. The molecule has 1 aliphatic heterocycles. The largest absolute Gasteiger partial charge is 0.491 e. The molecule has 0 saturated carbocycles. The van der Waals surface area contributed by atoms with Crippen LogP contribution in [0.1, 0.15) is 13.8 Å². The highest BCUT2D eigenvalue weighted by atomic mass is 35.6. The van der Waals surface area contributed by atoms with E-state index < -0.39 is 33.1 Å². The van der Waals surface area contributed by atoms with E-state index in [4.69, 9.17) is 51.1 Å². The molecule has 1 aliphatic rings. The Morgan fingerprint density at radius 2 is 1.76 bits per heavy atom. The summed E-state index contributed by atoms with van der Waals surface area (Å²) in [5, 5.41) is 1.71. The third-order valence-electron chi connectivity index (χ3n) is 4.65. The van der Waals surface area contributed by atoms with Gasteiger partial charge in [0.05, 0.1) is 11.8 Å². The highest BCUT2D eigenvalue weighted by Crippen LogP contribution is 2.37. The second kappa shape index (κ2) is 10.6. The van der Waals surface area contributed by atoms with Gasteiger partial charge >= 0.3 is 6.03 Å². The van der Waals surface area contributed by atoms with Crippen LogP contribution in [0.5, 0.6) is 5.75 Å². The summed E-state index contributed by atoms with van der Waals surface area (Å²) in [6.45, 7) is 3.76. The van der Waals surface area contributed by atoms with Gasteiger partial charge in [0, 0.05) is 18.8 Å². The molecule has 0 radical (unpaired) electrons. The van der Waals surface area contributed by atoms with Crippen molar-refractivity contribution >= 4 is 75.6 Å². The number of carbonyl (C=O) groups excluding carboxylic acids is 2. The first-order chi connectivity index (χ1) is 15.9. The van der Waals surface area contributed by atoms with Crippen LogP contribution < -0.4 is 15.0 Å². The fourth-order valence-electron chi connectivity index (χ4n) is 3.12. The Labute approximate surface area is 216 Å². The molecule has 1 N–H and O–H groups in total. The lowest BCUT2D eigenvalue weighted by molar-refractivity contribution is -0.119. The summed E-state index contributed by atoms with van der Waals surface area (Å²) in [6, 6.07) is 11.5. The molecule has 1 heterocycles. The Kier molecular flexibility index (Phi) is 8.18. The van der Waals surface area contributed by atoms with Crippen LogP contribution in [0.25, 0.3) is 0 Å². The average molecular weight is 550 g/mol. The first-order valence-electron chi connectivity index (χ1n) is 10.1. The Bertz CT molecular complexity index is 1110. The number of carbonyl (C=O) groups is 2. The zero-order chi connectivity index (χ0) is 25.2. The molecule has 0 aliphatic carbocycles. The van der Waals surface area contributed by atoms with E-state index in [1.807, 2.05) is 13.8 Å². The van der Waals surface area contributed by atoms with E-state index >= 15 is 0 Å². The number of likely N-dealkylation sites (N-methyl/N-ethyl adjacent to an activating group) is 1. The Morgan fingerprint density at radius 3 is 2.38 bits per heavy atom. The van der Waals surface area contributed by atoms with E-state index in [0.29, 0.717) is 11.4 Å². The van der Waals surface area contributed by atoms with Gasteiger partial charge in [0.25, 0.3) is 5.91 Å². The summed E-state index contributed by atoms with van der Waals surface area (Å²) in [5.41, 5.74) is 0.338. The van der Waals surface area contributed by atoms with Crippen LogP contribution in [0.4, 0.5) is 20.6 Å². The Morgan fingerprint density at radius 1 is 1.09 bits per heavy atom. The summed E-state index contributed by atoms with van der Waals surface area (Å²) in [4.78, 5) is 31.6. The number of hydrogen-bond acceptors (Lipinski definition) is 5. The second-order valence-electron chi connectivity index (χ2n) is 7.61. The molecule has 12 heteroatoms. The molecule has 0 bridgehead atoms. The number of rotatable bonds is 7.